The van der Waals surface area contributed by atoms with E-state index < -0.39 is 0 Å². The number of rotatable bonds is 12. The lowest BCUT2D eigenvalue weighted by atomic mass is 9.97. The molecule has 16 nitrogen and oxygen atoms in total. The average Bonchev–Trinajstić information content (AvgIpc) is 1.64. The van der Waals surface area contributed by atoms with Gasteiger partial charge in [0, 0.05) is 83.6 Å². The van der Waals surface area contributed by atoms with Gasteiger partial charge in [0.25, 0.3) is 0 Å². The van der Waals surface area contributed by atoms with Crippen LogP contribution in [0.25, 0.3) is 235 Å². The van der Waals surface area contributed by atoms with Crippen molar-refractivity contribution in [1.29, 1.82) is 0 Å². The molecule has 0 atom stereocenters. The van der Waals surface area contributed by atoms with Gasteiger partial charge in [-0.1, -0.05) is 328 Å². The molecule has 123 heavy (non-hydrogen) atoms. The summed E-state index contributed by atoms with van der Waals surface area (Å²) in [5, 5.41) is 12.9. The minimum atomic E-state index is 0.492. The van der Waals surface area contributed by atoms with Crippen molar-refractivity contribution >= 4 is 97.9 Å². The van der Waals surface area contributed by atoms with Crippen LogP contribution in [0.2, 0.25) is 0 Å². The summed E-state index contributed by atoms with van der Waals surface area (Å²) in [5.41, 5.74) is 15.4. The Morgan fingerprint density at radius 1 is 0.163 bits per heavy atom. The molecule has 17 aromatic carbocycles. The summed E-state index contributed by atoms with van der Waals surface area (Å²) < 4.78 is 19.3. The number of pyridine rings is 1. The van der Waals surface area contributed by atoms with Crippen LogP contribution < -0.4 is 0 Å². The van der Waals surface area contributed by atoms with E-state index in [1.807, 2.05) is 249 Å². The molecule has 576 valence electrons. The number of aromatic nitrogens is 13. The molecule has 0 bridgehead atoms. The fraction of sp³-hybridized carbons (Fsp3) is 0. The Morgan fingerprint density at radius 2 is 0.455 bits per heavy atom. The molecule has 0 fully saturated rings. The first-order valence-corrected chi connectivity index (χ1v) is 40.3. The third kappa shape index (κ3) is 14.2. The van der Waals surface area contributed by atoms with Gasteiger partial charge in [-0.3, -0.25) is 4.98 Å². The van der Waals surface area contributed by atoms with Crippen molar-refractivity contribution < 1.29 is 13.3 Å². The van der Waals surface area contributed by atoms with E-state index in [1.165, 1.54) is 10.8 Å². The number of fused-ring (bicyclic) bond motifs is 13. The summed E-state index contributed by atoms with van der Waals surface area (Å²) in [5.74, 6) is 7.26. The standard InChI is InChI=1S/C40H24N4O.C36H22N4O.C31H19N5O/c1-3-11-26(12-4-1)37-42-38(27-13-5-2-6-14-27)44-39(43-37)29-20-19-25-21-22-35-36(33(25)24-29)45-40(41-35)34-23-28-15-7-8-16-30(28)31-17-9-10-18-32(31)34;1-3-11-25(12-4-1)33-38-34(26-13-5-2-6-14-26)40-35(39-33)27-19-18-24-20-21-31-32(30(24)22-27)41-36(37-31)29-17-9-15-23-10-7-8-16-28(23)29;1-3-9-21(10-4-1)28-34-29(22-11-5-2-6-12-22)36-30(35-28)23-15-14-20-16-17-25-27(24(20)19-23)37-31(33-25)26-13-7-8-18-32-26/h1-24H;1-22H;1-19H. The summed E-state index contributed by atoms with van der Waals surface area (Å²) in [6, 6.07) is 130. The van der Waals surface area contributed by atoms with Gasteiger partial charge in [-0.25, -0.2) is 59.8 Å². The van der Waals surface area contributed by atoms with Crippen LogP contribution in [-0.4, -0.2) is 64.8 Å². The molecule has 0 aliphatic carbocycles. The third-order valence-electron chi connectivity index (χ3n) is 21.9. The fourth-order valence-electron chi connectivity index (χ4n) is 15.8. The molecular weight excluding hydrogens is 1520 g/mol. The van der Waals surface area contributed by atoms with Crippen LogP contribution in [0.4, 0.5) is 0 Å². The summed E-state index contributed by atoms with van der Waals surface area (Å²) >= 11 is 0. The molecule has 0 aliphatic heterocycles. The first kappa shape index (κ1) is 72.4. The smallest absolute Gasteiger partial charge is 0.246 e. The van der Waals surface area contributed by atoms with Crippen molar-refractivity contribution in [1.82, 2.24) is 64.8 Å². The molecule has 0 saturated heterocycles. The molecule has 7 aromatic heterocycles. The summed E-state index contributed by atoms with van der Waals surface area (Å²) in [6.07, 6.45) is 1.73. The number of hydrogen-bond acceptors (Lipinski definition) is 16. The van der Waals surface area contributed by atoms with Gasteiger partial charge in [0.15, 0.2) is 69.2 Å². The molecule has 24 rings (SSSR count). The maximum Gasteiger partial charge on any atom is 0.246 e. The van der Waals surface area contributed by atoms with E-state index in [4.69, 9.17) is 68.1 Å². The number of hydrogen-bond donors (Lipinski definition) is 0. The van der Waals surface area contributed by atoms with Gasteiger partial charge in [0.2, 0.25) is 17.7 Å². The lowest BCUT2D eigenvalue weighted by molar-refractivity contribution is 0.620. The van der Waals surface area contributed by atoms with E-state index in [9.17, 15) is 0 Å². The molecule has 0 spiro atoms. The molecule has 0 radical (unpaired) electrons. The Bertz CT molecular complexity index is 7950. The number of nitrogens with zero attached hydrogens (tertiary/aromatic N) is 13. The largest absolute Gasteiger partial charge is 0.435 e. The predicted molar refractivity (Wildman–Crippen MR) is 490 cm³/mol. The highest BCUT2D eigenvalue weighted by Crippen LogP contribution is 2.42. The van der Waals surface area contributed by atoms with Crippen molar-refractivity contribution in [2.45, 2.75) is 0 Å². The van der Waals surface area contributed by atoms with Crippen molar-refractivity contribution in [3.63, 3.8) is 0 Å². The maximum absolute atomic E-state index is 6.64. The Labute approximate surface area is 703 Å². The highest BCUT2D eigenvalue weighted by molar-refractivity contribution is 6.14. The van der Waals surface area contributed by atoms with Gasteiger partial charge < -0.3 is 13.3 Å². The molecule has 7 heterocycles. The lowest BCUT2D eigenvalue weighted by Gasteiger charge is -2.09. The second-order valence-electron chi connectivity index (χ2n) is 29.7. The Balaban J connectivity index is 0.000000110. The van der Waals surface area contributed by atoms with Gasteiger partial charge in [0.1, 0.15) is 22.2 Å². The van der Waals surface area contributed by atoms with Crippen LogP contribution >= 0.6 is 0 Å². The second kappa shape index (κ2) is 31.4. The van der Waals surface area contributed by atoms with Crippen LogP contribution in [0.3, 0.4) is 0 Å². The number of oxazole rings is 3. The van der Waals surface area contributed by atoms with E-state index in [0.717, 1.165) is 143 Å². The normalized spacial score (nSPS) is 11.4. The highest BCUT2D eigenvalue weighted by atomic mass is 16.4. The van der Waals surface area contributed by atoms with E-state index in [2.05, 4.69) is 149 Å². The Hall–Kier alpha value is -17.1. The Morgan fingerprint density at radius 3 is 0.846 bits per heavy atom. The first-order valence-electron chi connectivity index (χ1n) is 40.3. The van der Waals surface area contributed by atoms with Crippen LogP contribution in [0, 0.1) is 0 Å². The van der Waals surface area contributed by atoms with Gasteiger partial charge >= 0.3 is 0 Å². The van der Waals surface area contributed by atoms with Crippen molar-refractivity contribution in [3.8, 4) is 137 Å². The van der Waals surface area contributed by atoms with Gasteiger partial charge in [-0.05, 0) is 109 Å². The topological polar surface area (TPSA) is 207 Å². The van der Waals surface area contributed by atoms with Crippen LogP contribution in [0.1, 0.15) is 0 Å². The van der Waals surface area contributed by atoms with Crippen LogP contribution in [0.5, 0.6) is 0 Å². The van der Waals surface area contributed by atoms with E-state index in [0.29, 0.717) is 81.4 Å². The molecule has 16 heteroatoms. The summed E-state index contributed by atoms with van der Waals surface area (Å²) in [7, 11) is 0. The fourth-order valence-corrected chi connectivity index (χ4v) is 15.8. The van der Waals surface area contributed by atoms with Crippen LogP contribution in [-0.2, 0) is 0 Å². The average molecular weight is 1580 g/mol. The SMILES string of the molecule is c1ccc(-c2nc(-c3ccccc3)nc(-c3ccc4ccc5nc(-c6cc7ccccc7c7ccccc67)oc5c4c3)n2)cc1.c1ccc(-c2nc(-c3ccccc3)nc(-c3ccc4ccc5nc(-c6cccc7ccccc67)oc5c4c3)n2)cc1.c1ccc(-c2nc(-c3ccccc3)nc(-c3ccc4ccc5nc(-c6ccccn6)oc5c4c3)n2)cc1. The molecule has 0 aliphatic rings. The van der Waals surface area contributed by atoms with Crippen molar-refractivity contribution in [2.24, 2.45) is 0 Å². The third-order valence-corrected chi connectivity index (χ3v) is 21.9. The number of benzene rings is 17. The monoisotopic (exact) mass is 1580 g/mol. The first-order chi connectivity index (χ1) is 60.9. The lowest BCUT2D eigenvalue weighted by Crippen LogP contribution is -2.00. The summed E-state index contributed by atoms with van der Waals surface area (Å²) in [6.45, 7) is 0. The van der Waals surface area contributed by atoms with Crippen LogP contribution in [0.15, 0.2) is 408 Å². The van der Waals surface area contributed by atoms with Gasteiger partial charge in [-0.15, -0.1) is 0 Å². The van der Waals surface area contributed by atoms with Crippen molar-refractivity contribution in [2.75, 3.05) is 0 Å². The van der Waals surface area contributed by atoms with E-state index in [1.54, 1.807) is 6.20 Å². The molecule has 0 unspecified atom stereocenters. The maximum atomic E-state index is 6.64. The van der Waals surface area contributed by atoms with Crippen molar-refractivity contribution in [3.05, 3.63) is 394 Å². The minimum Gasteiger partial charge on any atom is -0.435 e. The van der Waals surface area contributed by atoms with Gasteiger partial charge in [-0.2, -0.15) is 0 Å². The van der Waals surface area contributed by atoms with Gasteiger partial charge in [0.05, 0.1) is 0 Å². The molecule has 0 saturated carbocycles. The second-order valence-corrected chi connectivity index (χ2v) is 29.7. The molecule has 0 N–H and O–H groups in total. The molecular formula is C107H65N13O3. The zero-order valence-corrected chi connectivity index (χ0v) is 65.6. The van der Waals surface area contributed by atoms with E-state index >= 15 is 0 Å². The minimum absolute atomic E-state index is 0.492. The highest BCUT2D eigenvalue weighted by Gasteiger charge is 2.23. The van der Waals surface area contributed by atoms with E-state index in [-0.39, 0.29) is 0 Å². The molecule has 24 aromatic rings. The quantitative estimate of drug-likeness (QED) is 0.104. The zero-order valence-electron chi connectivity index (χ0n) is 65.6. The summed E-state index contributed by atoms with van der Waals surface area (Å²) in [4.78, 5) is 62.8. The predicted octanol–water partition coefficient (Wildman–Crippen LogP) is 26.4. The molecule has 0 amide bonds. The zero-order chi connectivity index (χ0) is 81.5. The Kier molecular flexibility index (Phi) is 18.5.